The fourth-order valence-electron chi connectivity index (χ4n) is 3.88. The summed E-state index contributed by atoms with van der Waals surface area (Å²) in [5, 5.41) is 10.6. The fourth-order valence-corrected chi connectivity index (χ4v) is 3.88. The molecule has 1 N–H and O–H groups in total. The molecule has 0 aromatic carbocycles. The summed E-state index contributed by atoms with van der Waals surface area (Å²) < 4.78 is 0. The molecule has 104 valence electrons. The van der Waals surface area contributed by atoms with E-state index < -0.39 is 0 Å². The Kier molecular flexibility index (Phi) is 4.10. The van der Waals surface area contributed by atoms with Gasteiger partial charge in [-0.3, -0.25) is 4.79 Å². The Morgan fingerprint density at radius 2 is 2.32 bits per heavy atom. The van der Waals surface area contributed by atoms with Gasteiger partial charge in [-0.05, 0) is 49.7 Å². The number of aliphatic hydroxyl groups is 1. The minimum absolute atomic E-state index is 0.0771. The molecule has 0 aliphatic heterocycles. The van der Waals surface area contributed by atoms with E-state index >= 15 is 0 Å². The van der Waals surface area contributed by atoms with Gasteiger partial charge in [0.25, 0.3) is 0 Å². The van der Waals surface area contributed by atoms with Gasteiger partial charge in [0.2, 0.25) is 0 Å². The first-order chi connectivity index (χ1) is 9.07. The number of carbonyl (C=O) groups excluding carboxylic acids is 1. The van der Waals surface area contributed by atoms with Crippen LogP contribution in [-0.2, 0) is 4.79 Å². The summed E-state index contributed by atoms with van der Waals surface area (Å²) in [5.41, 5.74) is 1.71. The molecule has 0 bridgehead atoms. The summed E-state index contributed by atoms with van der Waals surface area (Å²) >= 11 is 0. The molecule has 0 saturated heterocycles. The third-order valence-corrected chi connectivity index (χ3v) is 4.85. The van der Waals surface area contributed by atoms with Crippen molar-refractivity contribution in [3.05, 3.63) is 36.0 Å². The van der Waals surface area contributed by atoms with Gasteiger partial charge in [0.05, 0.1) is 6.10 Å². The van der Waals surface area contributed by atoms with Crippen molar-refractivity contribution in [2.24, 2.45) is 11.3 Å². The van der Waals surface area contributed by atoms with Gasteiger partial charge in [-0.1, -0.05) is 31.6 Å². The Bertz CT molecular complexity index is 444. The molecule has 0 heterocycles. The molecular weight excluding hydrogens is 236 g/mol. The van der Waals surface area contributed by atoms with E-state index in [1.54, 1.807) is 6.08 Å². The summed E-state index contributed by atoms with van der Waals surface area (Å²) in [6.07, 6.45) is 9.65. The molecule has 1 fully saturated rings. The summed E-state index contributed by atoms with van der Waals surface area (Å²) in [4.78, 5) is 12.3. The third kappa shape index (κ3) is 2.12. The van der Waals surface area contributed by atoms with Crippen molar-refractivity contribution in [2.45, 2.75) is 52.1 Å². The zero-order valence-electron chi connectivity index (χ0n) is 12.0. The number of carbonyl (C=O) groups is 1. The minimum atomic E-state index is -0.367. The van der Waals surface area contributed by atoms with Gasteiger partial charge >= 0.3 is 0 Å². The molecule has 2 aliphatic carbocycles. The number of allylic oxidation sites excluding steroid dienone is 4. The SMILES string of the molecule is C=CC[C@@]12C(=CC(=O)/C(=C/CC)[C@@H]1C)CCC[C@@H]2O. The molecule has 0 aromatic heterocycles. The molecule has 2 heteroatoms. The standard InChI is InChI=1S/C17H24O2/c1-4-7-14-12(3)17(10-5-2)13(11-15(14)18)8-6-9-16(17)19/h5,7,11-12,16,19H,2,4,6,8-10H2,1,3H3/b14-7+/t12-,16-,17-/m0/s1. The van der Waals surface area contributed by atoms with Crippen molar-refractivity contribution in [2.75, 3.05) is 0 Å². The Morgan fingerprint density at radius 3 is 2.95 bits per heavy atom. The summed E-state index contributed by atoms with van der Waals surface area (Å²) in [7, 11) is 0. The predicted octanol–water partition coefficient (Wildman–Crippen LogP) is 3.58. The van der Waals surface area contributed by atoms with E-state index in [1.165, 1.54) is 0 Å². The van der Waals surface area contributed by atoms with Crippen LogP contribution in [0.3, 0.4) is 0 Å². The monoisotopic (exact) mass is 260 g/mol. The molecular formula is C17H24O2. The number of rotatable bonds is 3. The smallest absolute Gasteiger partial charge is 0.181 e. The van der Waals surface area contributed by atoms with Crippen LogP contribution < -0.4 is 0 Å². The summed E-state index contributed by atoms with van der Waals surface area (Å²) in [5.74, 6) is 0.214. The second-order valence-electron chi connectivity index (χ2n) is 5.76. The summed E-state index contributed by atoms with van der Waals surface area (Å²) in [6.45, 7) is 7.99. The van der Waals surface area contributed by atoms with E-state index in [0.29, 0.717) is 0 Å². The molecule has 2 rings (SSSR count). The molecule has 0 amide bonds. The highest BCUT2D eigenvalue weighted by Gasteiger charge is 2.50. The van der Waals surface area contributed by atoms with Crippen molar-refractivity contribution < 1.29 is 9.90 Å². The molecule has 1 saturated carbocycles. The van der Waals surface area contributed by atoms with Crippen LogP contribution in [0.25, 0.3) is 0 Å². The first-order valence-electron chi connectivity index (χ1n) is 7.32. The maximum Gasteiger partial charge on any atom is 0.181 e. The topological polar surface area (TPSA) is 37.3 Å². The fraction of sp³-hybridized carbons (Fsp3) is 0.588. The largest absolute Gasteiger partial charge is 0.392 e. The number of aliphatic hydroxyl groups excluding tert-OH is 1. The van der Waals surface area contributed by atoms with E-state index in [4.69, 9.17) is 0 Å². The first kappa shape index (κ1) is 14.3. The highest BCUT2D eigenvalue weighted by Crippen LogP contribution is 2.54. The average molecular weight is 260 g/mol. The zero-order valence-corrected chi connectivity index (χ0v) is 12.0. The van der Waals surface area contributed by atoms with Gasteiger partial charge in [0.1, 0.15) is 0 Å². The number of fused-ring (bicyclic) bond motifs is 1. The van der Waals surface area contributed by atoms with E-state index in [-0.39, 0.29) is 23.2 Å². The van der Waals surface area contributed by atoms with Gasteiger partial charge in [-0.25, -0.2) is 0 Å². The lowest BCUT2D eigenvalue weighted by atomic mass is 9.55. The molecule has 2 nitrogen and oxygen atoms in total. The van der Waals surface area contributed by atoms with Crippen LogP contribution >= 0.6 is 0 Å². The van der Waals surface area contributed by atoms with Gasteiger partial charge in [-0.2, -0.15) is 0 Å². The second-order valence-corrected chi connectivity index (χ2v) is 5.76. The van der Waals surface area contributed by atoms with Crippen molar-refractivity contribution in [1.82, 2.24) is 0 Å². The van der Waals surface area contributed by atoms with Crippen molar-refractivity contribution in [3.8, 4) is 0 Å². The van der Waals surface area contributed by atoms with Gasteiger partial charge in [0, 0.05) is 5.41 Å². The first-order valence-corrected chi connectivity index (χ1v) is 7.32. The summed E-state index contributed by atoms with van der Waals surface area (Å²) in [6, 6.07) is 0. The van der Waals surface area contributed by atoms with Gasteiger partial charge in [0.15, 0.2) is 5.78 Å². The van der Waals surface area contributed by atoms with Gasteiger partial charge < -0.3 is 5.11 Å². The molecule has 19 heavy (non-hydrogen) atoms. The lowest BCUT2D eigenvalue weighted by molar-refractivity contribution is -0.114. The van der Waals surface area contributed by atoms with Crippen molar-refractivity contribution in [1.29, 1.82) is 0 Å². The van der Waals surface area contributed by atoms with Gasteiger partial charge in [-0.15, -0.1) is 6.58 Å². The molecule has 0 radical (unpaired) electrons. The Morgan fingerprint density at radius 1 is 1.58 bits per heavy atom. The predicted molar refractivity (Wildman–Crippen MR) is 77.7 cm³/mol. The van der Waals surface area contributed by atoms with Crippen LogP contribution in [0.1, 0.15) is 46.0 Å². The van der Waals surface area contributed by atoms with Crippen LogP contribution in [0.5, 0.6) is 0 Å². The van der Waals surface area contributed by atoms with Crippen LogP contribution in [-0.4, -0.2) is 17.0 Å². The van der Waals surface area contributed by atoms with Crippen LogP contribution in [0.2, 0.25) is 0 Å². The van der Waals surface area contributed by atoms with E-state index in [0.717, 1.165) is 43.3 Å². The van der Waals surface area contributed by atoms with Crippen LogP contribution in [0, 0.1) is 11.3 Å². The zero-order chi connectivity index (χ0) is 14.0. The van der Waals surface area contributed by atoms with Crippen molar-refractivity contribution in [3.63, 3.8) is 0 Å². The Balaban J connectivity index is 2.56. The lowest BCUT2D eigenvalue weighted by Gasteiger charge is -2.50. The second kappa shape index (κ2) is 5.46. The Hall–Kier alpha value is -1.15. The molecule has 2 aliphatic rings. The van der Waals surface area contributed by atoms with Crippen molar-refractivity contribution >= 4 is 5.78 Å². The normalized spacial score (nSPS) is 36.9. The molecule has 0 aromatic rings. The lowest BCUT2D eigenvalue weighted by Crippen LogP contribution is -2.48. The quantitative estimate of drug-likeness (QED) is 0.622. The number of hydrogen-bond acceptors (Lipinski definition) is 2. The minimum Gasteiger partial charge on any atom is -0.392 e. The number of hydrogen-bond donors (Lipinski definition) is 1. The molecule has 0 spiro atoms. The highest BCUT2D eigenvalue weighted by atomic mass is 16.3. The van der Waals surface area contributed by atoms with E-state index in [2.05, 4.69) is 13.5 Å². The van der Waals surface area contributed by atoms with E-state index in [9.17, 15) is 9.90 Å². The highest BCUT2D eigenvalue weighted by molar-refractivity contribution is 6.06. The maximum atomic E-state index is 12.3. The van der Waals surface area contributed by atoms with Crippen LogP contribution in [0.15, 0.2) is 36.0 Å². The van der Waals surface area contributed by atoms with Crippen LogP contribution in [0.4, 0.5) is 0 Å². The maximum absolute atomic E-state index is 12.3. The van der Waals surface area contributed by atoms with E-state index in [1.807, 2.05) is 19.1 Å². The Labute approximate surface area is 115 Å². The molecule has 0 unspecified atom stereocenters. The number of ketones is 1. The average Bonchev–Trinajstić information content (AvgIpc) is 2.38. The molecule has 3 atom stereocenters. The third-order valence-electron chi connectivity index (χ3n) is 4.85.